The lowest BCUT2D eigenvalue weighted by Gasteiger charge is -2.25. The molecular formula is C10H23N3O2S. The molecule has 6 heteroatoms. The van der Waals surface area contributed by atoms with Crippen LogP contribution in [0.5, 0.6) is 0 Å². The maximum atomic E-state index is 11.4. The first-order valence-corrected chi connectivity index (χ1v) is 7.38. The molecule has 0 aliphatic heterocycles. The second-order valence-electron chi connectivity index (χ2n) is 4.14. The summed E-state index contributed by atoms with van der Waals surface area (Å²) in [5.41, 5.74) is 5.29. The van der Waals surface area contributed by atoms with E-state index in [1.54, 1.807) is 6.92 Å². The third-order valence-corrected chi connectivity index (χ3v) is 4.21. The molecule has 0 spiro atoms. The molecule has 0 heterocycles. The zero-order chi connectivity index (χ0) is 12.8. The molecule has 3 N–H and O–H groups in total. The quantitative estimate of drug-likeness (QED) is 0.483. The Balaban J connectivity index is 4.19. The predicted octanol–water partition coefficient (Wildman–Crippen LogP) is 0.458. The molecule has 0 aliphatic rings. The maximum absolute atomic E-state index is 11.4. The molecule has 0 atom stereocenters. The Hall–Kier alpha value is -0.620. The topological polar surface area (TPSA) is 87.2 Å². The Morgan fingerprint density at radius 1 is 1.38 bits per heavy atom. The molecule has 16 heavy (non-hydrogen) atoms. The van der Waals surface area contributed by atoms with Gasteiger partial charge < -0.3 is 5.73 Å². The van der Waals surface area contributed by atoms with Crippen molar-refractivity contribution in [3.05, 3.63) is 0 Å². The number of nitrogens with zero attached hydrogens (tertiary/aromatic N) is 1. The maximum Gasteiger partial charge on any atom is 0.151 e. The zero-order valence-corrected chi connectivity index (χ0v) is 11.2. The van der Waals surface area contributed by atoms with Crippen molar-refractivity contribution in [3.63, 3.8) is 0 Å². The third kappa shape index (κ3) is 6.79. The molecule has 0 saturated heterocycles. The van der Waals surface area contributed by atoms with Gasteiger partial charge in [0.05, 0.1) is 11.6 Å². The van der Waals surface area contributed by atoms with Crippen molar-refractivity contribution < 1.29 is 8.42 Å². The predicted molar refractivity (Wildman–Crippen MR) is 67.6 cm³/mol. The number of hydrogen-bond acceptors (Lipinski definition) is 4. The summed E-state index contributed by atoms with van der Waals surface area (Å²) < 4.78 is 22.7. The number of nitrogens with two attached hydrogens (primary N) is 1. The molecule has 0 aromatic carbocycles. The number of sulfone groups is 1. The molecule has 0 aromatic heterocycles. The van der Waals surface area contributed by atoms with E-state index in [4.69, 9.17) is 11.1 Å². The van der Waals surface area contributed by atoms with E-state index in [2.05, 4.69) is 0 Å². The molecule has 0 amide bonds. The van der Waals surface area contributed by atoms with Crippen LogP contribution in [0.3, 0.4) is 0 Å². The first-order valence-electron chi connectivity index (χ1n) is 5.56. The largest absolute Gasteiger partial charge is 0.388 e. The number of nitrogens with one attached hydrogen (secondary N) is 1. The van der Waals surface area contributed by atoms with E-state index in [0.29, 0.717) is 19.5 Å². The molecular weight excluding hydrogens is 226 g/mol. The fourth-order valence-corrected chi connectivity index (χ4v) is 2.09. The minimum absolute atomic E-state index is 0.143. The lowest BCUT2D eigenvalue weighted by atomic mass is 10.3. The van der Waals surface area contributed by atoms with Crippen molar-refractivity contribution in [2.45, 2.75) is 33.2 Å². The van der Waals surface area contributed by atoms with Crippen LogP contribution >= 0.6 is 0 Å². The van der Waals surface area contributed by atoms with Gasteiger partial charge in [-0.25, -0.2) is 8.42 Å². The van der Waals surface area contributed by atoms with Crippen molar-refractivity contribution in [2.24, 2.45) is 5.73 Å². The van der Waals surface area contributed by atoms with Crippen molar-refractivity contribution >= 4 is 15.7 Å². The second kappa shape index (κ2) is 6.85. The van der Waals surface area contributed by atoms with E-state index in [-0.39, 0.29) is 23.4 Å². The molecule has 0 unspecified atom stereocenters. The summed E-state index contributed by atoms with van der Waals surface area (Å²) >= 11 is 0. The van der Waals surface area contributed by atoms with Crippen LogP contribution in [0.1, 0.15) is 27.2 Å². The molecule has 0 fully saturated rings. The van der Waals surface area contributed by atoms with Gasteiger partial charge in [0.15, 0.2) is 9.84 Å². The Labute approximate surface area is 98.4 Å². The van der Waals surface area contributed by atoms with Crippen LogP contribution in [0.2, 0.25) is 0 Å². The molecule has 0 rings (SSSR count). The summed E-state index contributed by atoms with van der Waals surface area (Å²) in [4.78, 5) is 2.04. The van der Waals surface area contributed by atoms with Crippen LogP contribution in [-0.4, -0.2) is 49.8 Å². The van der Waals surface area contributed by atoms with Gasteiger partial charge in [0.25, 0.3) is 0 Å². The highest BCUT2D eigenvalue weighted by Crippen LogP contribution is 2.01. The number of rotatable bonds is 8. The standard InChI is InChI=1S/C10H23N3O2S/c1-4-16(14,15)8-7-13(9(2)3)6-5-10(11)12/h9H,4-8H2,1-3H3,(H3,11,12). The zero-order valence-electron chi connectivity index (χ0n) is 10.4. The van der Waals surface area contributed by atoms with E-state index in [1.807, 2.05) is 18.7 Å². The van der Waals surface area contributed by atoms with Crippen molar-refractivity contribution in [1.29, 1.82) is 5.41 Å². The summed E-state index contributed by atoms with van der Waals surface area (Å²) in [5, 5.41) is 7.15. The minimum atomic E-state index is -2.91. The number of hydrogen-bond donors (Lipinski definition) is 2. The van der Waals surface area contributed by atoms with Gasteiger partial charge in [-0.3, -0.25) is 10.3 Å². The molecule has 0 radical (unpaired) electrons. The summed E-state index contributed by atoms with van der Waals surface area (Å²) in [7, 11) is -2.91. The SMILES string of the molecule is CCS(=O)(=O)CCN(CCC(=N)N)C(C)C. The Bertz CT molecular complexity index is 312. The van der Waals surface area contributed by atoms with E-state index in [9.17, 15) is 8.42 Å². The van der Waals surface area contributed by atoms with E-state index >= 15 is 0 Å². The normalized spacial score (nSPS) is 12.3. The van der Waals surface area contributed by atoms with Crippen LogP contribution < -0.4 is 5.73 Å². The Morgan fingerprint density at radius 3 is 2.31 bits per heavy atom. The van der Waals surface area contributed by atoms with Gasteiger partial charge in [-0.05, 0) is 13.8 Å². The molecule has 0 saturated carbocycles. The highest BCUT2D eigenvalue weighted by Gasteiger charge is 2.14. The minimum Gasteiger partial charge on any atom is -0.388 e. The summed E-state index contributed by atoms with van der Waals surface area (Å²) in [6, 6.07) is 0.270. The third-order valence-electron chi connectivity index (χ3n) is 2.53. The van der Waals surface area contributed by atoms with E-state index < -0.39 is 9.84 Å². The van der Waals surface area contributed by atoms with Crippen LogP contribution in [-0.2, 0) is 9.84 Å². The van der Waals surface area contributed by atoms with Crippen LogP contribution in [0.25, 0.3) is 0 Å². The van der Waals surface area contributed by atoms with Gasteiger partial charge in [0, 0.05) is 31.3 Å². The summed E-state index contributed by atoms with van der Waals surface area (Å²) in [6.45, 7) is 6.84. The van der Waals surface area contributed by atoms with Crippen LogP contribution in [0.4, 0.5) is 0 Å². The van der Waals surface area contributed by atoms with Gasteiger partial charge in [-0.1, -0.05) is 6.92 Å². The van der Waals surface area contributed by atoms with E-state index in [0.717, 1.165) is 0 Å². The monoisotopic (exact) mass is 249 g/mol. The molecule has 5 nitrogen and oxygen atoms in total. The number of amidine groups is 1. The average molecular weight is 249 g/mol. The molecule has 0 aromatic rings. The van der Waals surface area contributed by atoms with Crippen molar-refractivity contribution in [1.82, 2.24) is 4.90 Å². The summed E-state index contributed by atoms with van der Waals surface area (Å²) in [5.74, 6) is 0.509. The van der Waals surface area contributed by atoms with Gasteiger partial charge >= 0.3 is 0 Å². The average Bonchev–Trinajstić information content (AvgIpc) is 2.16. The molecule has 0 aliphatic carbocycles. The highest BCUT2D eigenvalue weighted by atomic mass is 32.2. The molecule has 96 valence electrons. The van der Waals surface area contributed by atoms with Crippen molar-refractivity contribution in [3.8, 4) is 0 Å². The second-order valence-corrected chi connectivity index (χ2v) is 6.61. The van der Waals surface area contributed by atoms with E-state index in [1.165, 1.54) is 0 Å². The Kier molecular flexibility index (Phi) is 6.59. The van der Waals surface area contributed by atoms with Crippen molar-refractivity contribution in [2.75, 3.05) is 24.6 Å². The van der Waals surface area contributed by atoms with Crippen LogP contribution in [0, 0.1) is 5.41 Å². The highest BCUT2D eigenvalue weighted by molar-refractivity contribution is 7.91. The van der Waals surface area contributed by atoms with Gasteiger partial charge in [0.2, 0.25) is 0 Å². The smallest absolute Gasteiger partial charge is 0.151 e. The van der Waals surface area contributed by atoms with Gasteiger partial charge in [-0.15, -0.1) is 0 Å². The Morgan fingerprint density at radius 2 is 1.94 bits per heavy atom. The van der Waals surface area contributed by atoms with Crippen LogP contribution in [0.15, 0.2) is 0 Å². The van der Waals surface area contributed by atoms with Gasteiger partial charge in [0.1, 0.15) is 0 Å². The lowest BCUT2D eigenvalue weighted by molar-refractivity contribution is 0.241. The lowest BCUT2D eigenvalue weighted by Crippen LogP contribution is -2.37. The fourth-order valence-electron chi connectivity index (χ4n) is 1.29. The first-order chi connectivity index (χ1) is 7.28. The fraction of sp³-hybridized carbons (Fsp3) is 0.900. The summed E-state index contributed by atoms with van der Waals surface area (Å²) in [6.07, 6.45) is 0.490. The van der Waals surface area contributed by atoms with Gasteiger partial charge in [-0.2, -0.15) is 0 Å². The first kappa shape index (κ1) is 15.4. The molecule has 0 bridgehead atoms.